The van der Waals surface area contributed by atoms with Crippen LogP contribution in [0.4, 0.5) is 4.39 Å². The minimum atomic E-state index is -1.79. The van der Waals surface area contributed by atoms with E-state index in [0.29, 0.717) is 35.3 Å². The van der Waals surface area contributed by atoms with E-state index < -0.39 is 46.7 Å². The maximum absolute atomic E-state index is 15.3. The second-order valence-electron chi connectivity index (χ2n) is 21.7. The first kappa shape index (κ1) is 43.8. The molecule has 324 valence electrons. The molecular weight excluding hydrogens is 771 g/mol. The van der Waals surface area contributed by atoms with Crippen molar-refractivity contribution >= 4 is 41.1 Å². The molecular formula is C48H66ClFN2O7. The summed E-state index contributed by atoms with van der Waals surface area (Å²) in [5.41, 5.74) is 0.641. The number of carboxylic acid groups (broad SMARTS) is 1. The van der Waals surface area contributed by atoms with E-state index in [1.807, 2.05) is 13.8 Å². The lowest BCUT2D eigenvalue weighted by molar-refractivity contribution is -0.236. The number of halogens is 2. The molecule has 1 unspecified atom stereocenters. The third-order valence-corrected chi connectivity index (χ3v) is 18.2. The zero-order chi connectivity index (χ0) is 43.2. The predicted molar refractivity (Wildman–Crippen MR) is 224 cm³/mol. The van der Waals surface area contributed by atoms with Gasteiger partial charge in [-0.3, -0.25) is 24.0 Å². The van der Waals surface area contributed by atoms with Gasteiger partial charge in [-0.25, -0.2) is 4.39 Å². The van der Waals surface area contributed by atoms with E-state index in [-0.39, 0.29) is 70.7 Å². The number of fused-ring (bicyclic) bond motifs is 7. The standard InChI is InChI=1S/C48H66ClFN2O7/c1-26(2)38-32(53)23-48(24-37(54)52-36(50)25-51-40(55)27-10-12-28(49)13-11-27)21-20-46(8)29(39(38)48)14-15-34-45(7)18-17-35(44(5,6)33(45)16-19-47(34,46)9)59-42(58)31-22-30(41(56)57)43(31,3)4/h10-13,26,29-31,33-36H,14-25H2,1-9H3,(H,51,55)(H,52,54)(H,56,57)/t29-,30+,31-,33+,34-,35+,36?,45+,46-,47-,48+/m1/s1. The molecule has 5 fully saturated rings. The number of hydrogen-bond acceptors (Lipinski definition) is 6. The van der Waals surface area contributed by atoms with Crippen LogP contribution >= 0.6 is 11.6 Å². The number of aliphatic carboxylic acids is 1. The number of ketones is 1. The van der Waals surface area contributed by atoms with Gasteiger partial charge in [0.25, 0.3) is 5.91 Å². The van der Waals surface area contributed by atoms with Crippen LogP contribution in [0.15, 0.2) is 35.4 Å². The Balaban J connectivity index is 1.08. The summed E-state index contributed by atoms with van der Waals surface area (Å²) in [6.45, 7) is 19.5. The summed E-state index contributed by atoms with van der Waals surface area (Å²) in [7, 11) is 0. The lowest BCUT2D eigenvalue weighted by atomic mass is 9.33. The van der Waals surface area contributed by atoms with Gasteiger partial charge in [0, 0.05) is 34.3 Å². The lowest BCUT2D eigenvalue weighted by Crippen LogP contribution is -2.66. The number of amides is 2. The summed E-state index contributed by atoms with van der Waals surface area (Å²) < 4.78 is 21.7. The summed E-state index contributed by atoms with van der Waals surface area (Å²) in [5.74, 6) is -2.00. The van der Waals surface area contributed by atoms with Crippen LogP contribution in [-0.2, 0) is 23.9 Å². The Kier molecular flexibility index (Phi) is 11.1. The molecule has 5 saturated carbocycles. The van der Waals surface area contributed by atoms with E-state index in [9.17, 15) is 29.1 Å². The van der Waals surface area contributed by atoms with Crippen LogP contribution in [0, 0.1) is 68.0 Å². The molecule has 0 radical (unpaired) electrons. The molecule has 7 rings (SSSR count). The maximum Gasteiger partial charge on any atom is 0.309 e. The average molecular weight is 838 g/mol. The van der Waals surface area contributed by atoms with E-state index in [1.54, 1.807) is 24.3 Å². The van der Waals surface area contributed by atoms with Crippen molar-refractivity contribution in [2.24, 2.45) is 68.0 Å². The Morgan fingerprint density at radius 3 is 2.17 bits per heavy atom. The molecule has 11 heteroatoms. The third-order valence-electron chi connectivity index (χ3n) is 18.0. The van der Waals surface area contributed by atoms with Crippen molar-refractivity contribution < 1.29 is 38.2 Å². The van der Waals surface area contributed by atoms with Gasteiger partial charge in [-0.2, -0.15) is 0 Å². The van der Waals surface area contributed by atoms with Gasteiger partial charge in [0.2, 0.25) is 5.91 Å². The van der Waals surface area contributed by atoms with Gasteiger partial charge in [0.1, 0.15) is 6.10 Å². The smallest absolute Gasteiger partial charge is 0.309 e. The highest BCUT2D eigenvalue weighted by molar-refractivity contribution is 6.30. The van der Waals surface area contributed by atoms with Crippen LogP contribution in [0.25, 0.3) is 0 Å². The quantitative estimate of drug-likeness (QED) is 0.158. The summed E-state index contributed by atoms with van der Waals surface area (Å²) in [5, 5.41) is 15.2. The van der Waals surface area contributed by atoms with E-state index in [0.717, 1.165) is 56.1 Å². The normalized spacial score (nSPS) is 38.5. The molecule has 11 atom stereocenters. The SMILES string of the molecule is CC(C)C1=C2[C@H]3CC[C@@H]4[C@@]5(C)CC[C@H](OC(=O)[C@H]6C[C@@H](C(=O)O)C6(C)C)C(C)(C)[C@@H]5CC[C@@]4(C)[C@]3(C)CC[C@@]2(CC(=O)NC(F)CNC(=O)c2ccc(Cl)cc2)CC1=O. The van der Waals surface area contributed by atoms with Crippen LogP contribution in [0.1, 0.15) is 143 Å². The number of alkyl halides is 1. The van der Waals surface area contributed by atoms with Gasteiger partial charge in [-0.1, -0.05) is 79.5 Å². The van der Waals surface area contributed by atoms with Gasteiger partial charge in [0.15, 0.2) is 12.1 Å². The summed E-state index contributed by atoms with van der Waals surface area (Å²) in [6, 6.07) is 6.28. The van der Waals surface area contributed by atoms with E-state index in [4.69, 9.17) is 16.3 Å². The molecule has 0 heterocycles. The topological polar surface area (TPSA) is 139 Å². The predicted octanol–water partition coefficient (Wildman–Crippen LogP) is 9.51. The number of carbonyl (C=O) groups is 5. The molecule has 1 aromatic rings. The molecule has 2 amide bonds. The molecule has 0 aliphatic heterocycles. The van der Waals surface area contributed by atoms with Crippen molar-refractivity contribution in [3.05, 3.63) is 46.0 Å². The number of rotatable bonds is 10. The molecule has 0 aromatic heterocycles. The molecule has 59 heavy (non-hydrogen) atoms. The Bertz CT molecular complexity index is 1940. The molecule has 6 aliphatic carbocycles. The number of Topliss-reactive ketones (excluding diaryl/α,β-unsaturated/α-hetero) is 1. The number of benzene rings is 1. The highest BCUT2D eigenvalue weighted by atomic mass is 35.5. The van der Waals surface area contributed by atoms with Crippen LogP contribution in [-0.4, -0.2) is 53.6 Å². The Hall–Kier alpha value is -3.27. The van der Waals surface area contributed by atoms with Crippen LogP contribution in [0.3, 0.4) is 0 Å². The molecule has 6 aliphatic rings. The maximum atomic E-state index is 15.3. The first-order valence-electron chi connectivity index (χ1n) is 22.1. The monoisotopic (exact) mass is 836 g/mol. The van der Waals surface area contributed by atoms with Crippen LogP contribution < -0.4 is 10.6 Å². The molecule has 0 saturated heterocycles. The second-order valence-corrected chi connectivity index (χ2v) is 22.1. The van der Waals surface area contributed by atoms with Crippen LogP contribution in [0.2, 0.25) is 5.02 Å². The number of allylic oxidation sites excluding steroid dienone is 2. The highest BCUT2D eigenvalue weighted by Crippen LogP contribution is 2.77. The Labute approximate surface area is 354 Å². The van der Waals surface area contributed by atoms with Crippen molar-refractivity contribution in [2.45, 2.75) is 145 Å². The van der Waals surface area contributed by atoms with Crippen molar-refractivity contribution in [2.75, 3.05) is 6.54 Å². The van der Waals surface area contributed by atoms with Gasteiger partial charge in [0.05, 0.1) is 18.4 Å². The van der Waals surface area contributed by atoms with Crippen LogP contribution in [0.5, 0.6) is 0 Å². The number of nitrogens with one attached hydrogen (secondary N) is 2. The second kappa shape index (κ2) is 15.0. The summed E-state index contributed by atoms with van der Waals surface area (Å²) in [6.07, 6.45) is 5.79. The summed E-state index contributed by atoms with van der Waals surface area (Å²) in [4.78, 5) is 65.8. The molecule has 3 N–H and O–H groups in total. The Morgan fingerprint density at radius 1 is 0.864 bits per heavy atom. The minimum absolute atomic E-state index is 0.000107. The number of ether oxygens (including phenoxy) is 1. The molecule has 0 spiro atoms. The van der Waals surface area contributed by atoms with Crippen molar-refractivity contribution in [1.82, 2.24) is 10.6 Å². The highest BCUT2D eigenvalue weighted by Gasteiger charge is 2.70. The zero-order valence-electron chi connectivity index (χ0n) is 36.6. The summed E-state index contributed by atoms with van der Waals surface area (Å²) >= 11 is 5.93. The van der Waals surface area contributed by atoms with Gasteiger partial charge < -0.3 is 20.5 Å². The fourth-order valence-corrected chi connectivity index (χ4v) is 14.7. The minimum Gasteiger partial charge on any atom is -0.481 e. The van der Waals surface area contributed by atoms with Gasteiger partial charge in [-0.15, -0.1) is 0 Å². The molecule has 9 nitrogen and oxygen atoms in total. The first-order chi connectivity index (χ1) is 27.4. The fraction of sp³-hybridized carbons (Fsp3) is 0.729. The van der Waals surface area contributed by atoms with Gasteiger partial charge in [-0.05, 0) is 133 Å². The van der Waals surface area contributed by atoms with E-state index in [2.05, 4.69) is 59.1 Å². The number of esters is 1. The number of carbonyl (C=O) groups excluding carboxylic acids is 4. The fourth-order valence-electron chi connectivity index (χ4n) is 14.6. The van der Waals surface area contributed by atoms with Crippen molar-refractivity contribution in [1.29, 1.82) is 0 Å². The zero-order valence-corrected chi connectivity index (χ0v) is 37.3. The Morgan fingerprint density at radius 2 is 1.54 bits per heavy atom. The lowest BCUT2D eigenvalue weighted by Gasteiger charge is -2.72. The first-order valence-corrected chi connectivity index (χ1v) is 22.5. The van der Waals surface area contributed by atoms with E-state index >= 15 is 4.39 Å². The van der Waals surface area contributed by atoms with Crippen molar-refractivity contribution in [3.8, 4) is 0 Å². The largest absolute Gasteiger partial charge is 0.481 e. The number of carboxylic acids is 1. The average Bonchev–Trinajstić information content (AvgIpc) is 3.43. The van der Waals surface area contributed by atoms with Gasteiger partial charge >= 0.3 is 11.9 Å². The molecule has 1 aromatic carbocycles. The third kappa shape index (κ3) is 6.88. The number of hydrogen-bond donors (Lipinski definition) is 3. The van der Waals surface area contributed by atoms with E-state index in [1.165, 1.54) is 0 Å². The molecule has 0 bridgehead atoms. The van der Waals surface area contributed by atoms with Crippen molar-refractivity contribution in [3.63, 3.8) is 0 Å².